The van der Waals surface area contributed by atoms with E-state index in [-0.39, 0.29) is 24.0 Å². The van der Waals surface area contributed by atoms with Crippen LogP contribution >= 0.6 is 0 Å². The molecule has 2 fully saturated rings. The van der Waals surface area contributed by atoms with Gasteiger partial charge >= 0.3 is 0 Å². The summed E-state index contributed by atoms with van der Waals surface area (Å²) in [6, 6.07) is 0. The molecule has 102 valence electrons. The van der Waals surface area contributed by atoms with E-state index in [9.17, 15) is 9.59 Å². The van der Waals surface area contributed by atoms with Crippen molar-refractivity contribution in [2.45, 2.75) is 38.7 Å². The summed E-state index contributed by atoms with van der Waals surface area (Å²) in [5, 5.41) is 0. The molecule has 0 aliphatic carbocycles. The molecular weight excluding hydrogens is 232 g/mol. The summed E-state index contributed by atoms with van der Waals surface area (Å²) in [4.78, 5) is 27.3. The molecular formula is C13H22N2O3. The second kappa shape index (κ2) is 5.26. The van der Waals surface area contributed by atoms with Crippen LogP contribution in [0.2, 0.25) is 0 Å². The van der Waals surface area contributed by atoms with Gasteiger partial charge in [-0.05, 0) is 26.7 Å². The van der Waals surface area contributed by atoms with Crippen molar-refractivity contribution >= 4 is 11.8 Å². The van der Waals surface area contributed by atoms with E-state index < -0.39 is 0 Å². The summed E-state index contributed by atoms with van der Waals surface area (Å²) in [7, 11) is 0. The second-order valence-corrected chi connectivity index (χ2v) is 5.70. The largest absolute Gasteiger partial charge is 0.372 e. The lowest BCUT2D eigenvalue weighted by molar-refractivity contribution is -0.151. The zero-order chi connectivity index (χ0) is 13.2. The fraction of sp³-hybridized carbons (Fsp3) is 0.846. The number of carbonyl (C=O) groups excluding carboxylic acids is 2. The predicted octanol–water partition coefficient (Wildman–Crippen LogP) is 0.636. The molecule has 0 saturated carbocycles. The first-order valence-electron chi connectivity index (χ1n) is 6.67. The molecule has 5 heteroatoms. The van der Waals surface area contributed by atoms with Gasteiger partial charge in [-0.3, -0.25) is 9.59 Å². The van der Waals surface area contributed by atoms with Crippen molar-refractivity contribution in [3.8, 4) is 0 Å². The summed E-state index contributed by atoms with van der Waals surface area (Å²) in [5.74, 6) is 0.156. The number of ether oxygens (including phenoxy) is 1. The van der Waals surface area contributed by atoms with Crippen LogP contribution in [0.25, 0.3) is 0 Å². The van der Waals surface area contributed by atoms with E-state index in [4.69, 9.17) is 4.74 Å². The molecule has 2 heterocycles. The number of rotatable bonds is 2. The molecule has 5 nitrogen and oxygen atoms in total. The highest BCUT2D eigenvalue weighted by molar-refractivity contribution is 5.85. The standard InChI is InChI=1S/C13H22N2O3/c1-13(2)10-15(7-8-18-13)12(17)9-14-6-4-3-5-11(14)16/h3-10H2,1-2H3. The first-order valence-corrected chi connectivity index (χ1v) is 6.67. The minimum Gasteiger partial charge on any atom is -0.372 e. The van der Waals surface area contributed by atoms with Crippen molar-refractivity contribution < 1.29 is 14.3 Å². The molecule has 0 atom stereocenters. The van der Waals surface area contributed by atoms with Crippen LogP contribution in [-0.4, -0.2) is 60.0 Å². The van der Waals surface area contributed by atoms with Gasteiger partial charge in [-0.1, -0.05) is 0 Å². The predicted molar refractivity (Wildman–Crippen MR) is 67.0 cm³/mol. The number of nitrogens with zero attached hydrogens (tertiary/aromatic N) is 2. The molecule has 2 rings (SSSR count). The van der Waals surface area contributed by atoms with Crippen LogP contribution < -0.4 is 0 Å². The molecule has 0 bridgehead atoms. The monoisotopic (exact) mass is 254 g/mol. The number of amides is 2. The van der Waals surface area contributed by atoms with Crippen molar-refractivity contribution in [3.63, 3.8) is 0 Å². The Balaban J connectivity index is 1.89. The first-order chi connectivity index (χ1) is 8.48. The molecule has 0 unspecified atom stereocenters. The van der Waals surface area contributed by atoms with E-state index in [1.54, 1.807) is 4.90 Å². The van der Waals surface area contributed by atoms with Gasteiger partial charge in [0, 0.05) is 26.1 Å². The van der Waals surface area contributed by atoms with Gasteiger partial charge in [0.25, 0.3) is 0 Å². The topological polar surface area (TPSA) is 49.9 Å². The van der Waals surface area contributed by atoms with E-state index in [0.717, 1.165) is 19.4 Å². The number of hydrogen-bond donors (Lipinski definition) is 0. The SMILES string of the molecule is CC1(C)CN(C(=O)CN2CCCCC2=O)CCO1. The maximum atomic E-state index is 12.2. The Bertz CT molecular complexity index is 341. The van der Waals surface area contributed by atoms with E-state index in [2.05, 4.69) is 0 Å². The van der Waals surface area contributed by atoms with E-state index in [1.807, 2.05) is 18.7 Å². The molecule has 0 aromatic carbocycles. The minimum absolute atomic E-state index is 0.0432. The molecule has 2 aliphatic heterocycles. The molecule has 2 saturated heterocycles. The normalized spacial score (nSPS) is 24.2. The van der Waals surface area contributed by atoms with Crippen LogP contribution in [0.15, 0.2) is 0 Å². The second-order valence-electron chi connectivity index (χ2n) is 5.70. The Morgan fingerprint density at radius 3 is 2.78 bits per heavy atom. The third-order valence-electron chi connectivity index (χ3n) is 3.53. The quantitative estimate of drug-likeness (QED) is 0.726. The molecule has 18 heavy (non-hydrogen) atoms. The van der Waals surface area contributed by atoms with Crippen LogP contribution in [0, 0.1) is 0 Å². The number of likely N-dealkylation sites (tertiary alicyclic amines) is 1. The van der Waals surface area contributed by atoms with Gasteiger partial charge in [0.05, 0.1) is 18.8 Å². The van der Waals surface area contributed by atoms with Gasteiger partial charge in [-0.25, -0.2) is 0 Å². The maximum absolute atomic E-state index is 12.2. The van der Waals surface area contributed by atoms with Crippen molar-refractivity contribution in [1.29, 1.82) is 0 Å². The molecule has 2 amide bonds. The van der Waals surface area contributed by atoms with Crippen LogP contribution in [-0.2, 0) is 14.3 Å². The third-order valence-corrected chi connectivity index (χ3v) is 3.53. The molecule has 0 N–H and O–H groups in total. The highest BCUT2D eigenvalue weighted by Crippen LogP contribution is 2.17. The lowest BCUT2D eigenvalue weighted by atomic mass is 10.1. The highest BCUT2D eigenvalue weighted by atomic mass is 16.5. The average molecular weight is 254 g/mol. The average Bonchev–Trinajstić information content (AvgIpc) is 2.31. The Morgan fingerprint density at radius 2 is 2.11 bits per heavy atom. The molecule has 0 radical (unpaired) electrons. The van der Waals surface area contributed by atoms with Crippen LogP contribution in [0.1, 0.15) is 33.1 Å². The molecule has 0 aromatic rings. The summed E-state index contributed by atoms with van der Waals surface area (Å²) < 4.78 is 5.58. The highest BCUT2D eigenvalue weighted by Gasteiger charge is 2.31. The third kappa shape index (κ3) is 3.22. The summed E-state index contributed by atoms with van der Waals surface area (Å²) in [5.41, 5.74) is -0.278. The Hall–Kier alpha value is -1.10. The van der Waals surface area contributed by atoms with Gasteiger partial charge in [-0.2, -0.15) is 0 Å². The lowest BCUT2D eigenvalue weighted by Gasteiger charge is -2.39. The van der Waals surface area contributed by atoms with Crippen LogP contribution in [0.4, 0.5) is 0 Å². The Kier molecular flexibility index (Phi) is 3.90. The zero-order valence-electron chi connectivity index (χ0n) is 11.3. The van der Waals surface area contributed by atoms with Crippen molar-refractivity contribution in [2.75, 3.05) is 32.8 Å². The smallest absolute Gasteiger partial charge is 0.242 e. The number of piperidine rings is 1. The summed E-state index contributed by atoms with van der Waals surface area (Å²) in [6.07, 6.45) is 2.55. The zero-order valence-corrected chi connectivity index (χ0v) is 11.3. The van der Waals surface area contributed by atoms with Gasteiger partial charge in [0.1, 0.15) is 0 Å². The number of morpholine rings is 1. The summed E-state index contributed by atoms with van der Waals surface area (Å²) >= 11 is 0. The van der Waals surface area contributed by atoms with Crippen LogP contribution in [0.5, 0.6) is 0 Å². The van der Waals surface area contributed by atoms with Crippen molar-refractivity contribution in [1.82, 2.24) is 9.80 Å². The maximum Gasteiger partial charge on any atom is 0.242 e. The van der Waals surface area contributed by atoms with Gasteiger partial charge in [-0.15, -0.1) is 0 Å². The van der Waals surface area contributed by atoms with Gasteiger partial charge < -0.3 is 14.5 Å². The Labute approximate surface area is 108 Å². The van der Waals surface area contributed by atoms with E-state index in [1.165, 1.54) is 0 Å². The lowest BCUT2D eigenvalue weighted by Crippen LogP contribution is -2.53. The molecule has 0 spiro atoms. The van der Waals surface area contributed by atoms with E-state index >= 15 is 0 Å². The van der Waals surface area contributed by atoms with Gasteiger partial charge in [0.15, 0.2) is 0 Å². The van der Waals surface area contributed by atoms with Gasteiger partial charge in [0.2, 0.25) is 11.8 Å². The minimum atomic E-state index is -0.278. The van der Waals surface area contributed by atoms with Crippen molar-refractivity contribution in [3.05, 3.63) is 0 Å². The number of hydrogen-bond acceptors (Lipinski definition) is 3. The molecule has 0 aromatic heterocycles. The van der Waals surface area contributed by atoms with Crippen LogP contribution in [0.3, 0.4) is 0 Å². The fourth-order valence-electron chi connectivity index (χ4n) is 2.52. The summed E-state index contributed by atoms with van der Waals surface area (Å²) in [6.45, 7) is 6.73. The van der Waals surface area contributed by atoms with Crippen molar-refractivity contribution in [2.24, 2.45) is 0 Å². The van der Waals surface area contributed by atoms with E-state index in [0.29, 0.717) is 26.1 Å². The number of carbonyl (C=O) groups is 2. The fourth-order valence-corrected chi connectivity index (χ4v) is 2.52. The molecule has 2 aliphatic rings. The Morgan fingerprint density at radius 1 is 1.33 bits per heavy atom. The first kappa shape index (κ1) is 13.3.